The second-order valence-corrected chi connectivity index (χ2v) is 5.46. The van der Waals surface area contributed by atoms with Gasteiger partial charge in [-0.25, -0.2) is 4.98 Å². The molecule has 1 aliphatic rings. The monoisotopic (exact) mass is 257 g/mol. The SMILES string of the molecule is Brc1cccc(SC2CCCC2)n1. The first-order valence-electron chi connectivity index (χ1n) is 4.64. The minimum Gasteiger partial charge on any atom is -0.235 e. The molecule has 0 aliphatic heterocycles. The first-order chi connectivity index (χ1) is 6.34. The quantitative estimate of drug-likeness (QED) is 0.746. The largest absolute Gasteiger partial charge is 0.235 e. The standard InChI is InChI=1S/C10H12BrNS/c11-9-6-3-7-10(12-9)13-8-4-1-2-5-8/h3,6-8H,1-2,4-5H2. The molecule has 1 aromatic rings. The summed E-state index contributed by atoms with van der Waals surface area (Å²) < 4.78 is 0.940. The van der Waals surface area contributed by atoms with Crippen molar-refractivity contribution < 1.29 is 0 Å². The smallest absolute Gasteiger partial charge is 0.107 e. The molecule has 70 valence electrons. The fourth-order valence-electron chi connectivity index (χ4n) is 1.63. The number of rotatable bonds is 2. The Morgan fingerprint density at radius 3 is 2.77 bits per heavy atom. The first-order valence-corrected chi connectivity index (χ1v) is 6.31. The van der Waals surface area contributed by atoms with Crippen LogP contribution in [0.5, 0.6) is 0 Å². The molecular formula is C10H12BrNS. The molecule has 0 unspecified atom stereocenters. The predicted octanol–water partition coefficient (Wildman–Crippen LogP) is 3.88. The van der Waals surface area contributed by atoms with E-state index in [0.717, 1.165) is 14.9 Å². The Labute approximate surface area is 91.5 Å². The Balaban J connectivity index is 2.00. The van der Waals surface area contributed by atoms with Gasteiger partial charge in [0.1, 0.15) is 4.60 Å². The van der Waals surface area contributed by atoms with E-state index in [9.17, 15) is 0 Å². The van der Waals surface area contributed by atoms with Crippen molar-refractivity contribution in [3.05, 3.63) is 22.8 Å². The van der Waals surface area contributed by atoms with Gasteiger partial charge in [-0.1, -0.05) is 18.9 Å². The number of pyridine rings is 1. The maximum atomic E-state index is 4.42. The normalized spacial score (nSPS) is 17.9. The van der Waals surface area contributed by atoms with E-state index in [-0.39, 0.29) is 0 Å². The van der Waals surface area contributed by atoms with Crippen molar-refractivity contribution in [3.63, 3.8) is 0 Å². The molecule has 0 bridgehead atoms. The van der Waals surface area contributed by atoms with E-state index in [1.807, 2.05) is 23.9 Å². The second kappa shape index (κ2) is 4.47. The zero-order chi connectivity index (χ0) is 9.10. The molecule has 1 saturated carbocycles. The van der Waals surface area contributed by atoms with Crippen LogP contribution < -0.4 is 0 Å². The minimum atomic E-state index is 0.807. The molecule has 1 aromatic heterocycles. The maximum absolute atomic E-state index is 4.42. The van der Waals surface area contributed by atoms with Crippen LogP contribution in [0.2, 0.25) is 0 Å². The van der Waals surface area contributed by atoms with Gasteiger partial charge in [0, 0.05) is 5.25 Å². The molecule has 13 heavy (non-hydrogen) atoms. The number of halogens is 1. The molecule has 1 nitrogen and oxygen atoms in total. The van der Waals surface area contributed by atoms with E-state index in [0.29, 0.717) is 0 Å². The van der Waals surface area contributed by atoms with E-state index in [4.69, 9.17) is 0 Å². The third-order valence-electron chi connectivity index (χ3n) is 2.28. The van der Waals surface area contributed by atoms with Crippen LogP contribution in [0.4, 0.5) is 0 Å². The number of aromatic nitrogens is 1. The van der Waals surface area contributed by atoms with E-state index >= 15 is 0 Å². The van der Waals surface area contributed by atoms with E-state index < -0.39 is 0 Å². The van der Waals surface area contributed by atoms with Crippen molar-refractivity contribution in [2.24, 2.45) is 0 Å². The van der Waals surface area contributed by atoms with Crippen molar-refractivity contribution in [3.8, 4) is 0 Å². The van der Waals surface area contributed by atoms with Crippen molar-refractivity contribution in [1.29, 1.82) is 0 Å². The van der Waals surface area contributed by atoms with Gasteiger partial charge in [0.2, 0.25) is 0 Å². The summed E-state index contributed by atoms with van der Waals surface area (Å²) in [5.41, 5.74) is 0. The molecule has 0 aromatic carbocycles. The molecule has 1 fully saturated rings. The number of hydrogen-bond donors (Lipinski definition) is 0. The van der Waals surface area contributed by atoms with Gasteiger partial charge in [-0.05, 0) is 40.9 Å². The van der Waals surface area contributed by atoms with E-state index in [1.165, 1.54) is 25.7 Å². The van der Waals surface area contributed by atoms with Crippen LogP contribution in [-0.2, 0) is 0 Å². The van der Waals surface area contributed by atoms with Crippen LogP contribution in [0.3, 0.4) is 0 Å². The number of nitrogens with zero attached hydrogens (tertiary/aromatic N) is 1. The molecule has 0 saturated heterocycles. The highest BCUT2D eigenvalue weighted by molar-refractivity contribution is 9.10. The second-order valence-electron chi connectivity index (χ2n) is 3.32. The Kier molecular flexibility index (Phi) is 3.28. The summed E-state index contributed by atoms with van der Waals surface area (Å²) in [6.45, 7) is 0. The fraction of sp³-hybridized carbons (Fsp3) is 0.500. The van der Waals surface area contributed by atoms with Crippen LogP contribution in [0.1, 0.15) is 25.7 Å². The van der Waals surface area contributed by atoms with Gasteiger partial charge in [-0.3, -0.25) is 0 Å². The number of thioether (sulfide) groups is 1. The summed E-state index contributed by atoms with van der Waals surface area (Å²) in [5, 5.41) is 1.96. The van der Waals surface area contributed by atoms with Crippen LogP contribution in [0.15, 0.2) is 27.8 Å². The lowest BCUT2D eigenvalue weighted by molar-refractivity contribution is 0.886. The van der Waals surface area contributed by atoms with Gasteiger partial charge in [0.25, 0.3) is 0 Å². The van der Waals surface area contributed by atoms with Crippen LogP contribution >= 0.6 is 27.7 Å². The Hall–Kier alpha value is -0.0200. The van der Waals surface area contributed by atoms with Gasteiger partial charge in [0.15, 0.2) is 0 Å². The molecule has 3 heteroatoms. The van der Waals surface area contributed by atoms with Crippen molar-refractivity contribution >= 4 is 27.7 Å². The molecular weight excluding hydrogens is 246 g/mol. The Morgan fingerprint density at radius 2 is 2.08 bits per heavy atom. The summed E-state index contributed by atoms with van der Waals surface area (Å²) in [6, 6.07) is 6.11. The topological polar surface area (TPSA) is 12.9 Å². The first kappa shape index (κ1) is 9.53. The van der Waals surface area contributed by atoms with Crippen molar-refractivity contribution in [2.45, 2.75) is 36.0 Å². The third-order valence-corrected chi connectivity index (χ3v) is 3.99. The summed E-state index contributed by atoms with van der Waals surface area (Å²) in [6.07, 6.45) is 5.51. The Bertz CT molecular complexity index is 284. The van der Waals surface area contributed by atoms with Gasteiger partial charge in [0.05, 0.1) is 5.03 Å². The Morgan fingerprint density at radius 1 is 1.31 bits per heavy atom. The molecule has 0 atom stereocenters. The van der Waals surface area contributed by atoms with E-state index in [1.54, 1.807) is 0 Å². The highest BCUT2D eigenvalue weighted by Gasteiger charge is 2.16. The van der Waals surface area contributed by atoms with E-state index in [2.05, 4.69) is 27.0 Å². The van der Waals surface area contributed by atoms with Crippen molar-refractivity contribution in [1.82, 2.24) is 4.98 Å². The molecule has 0 N–H and O–H groups in total. The van der Waals surface area contributed by atoms with Crippen molar-refractivity contribution in [2.75, 3.05) is 0 Å². The lowest BCUT2D eigenvalue weighted by Gasteiger charge is -2.07. The zero-order valence-corrected chi connectivity index (χ0v) is 9.77. The molecule has 1 aliphatic carbocycles. The van der Waals surface area contributed by atoms with Gasteiger partial charge in [-0.2, -0.15) is 0 Å². The van der Waals surface area contributed by atoms with Crippen LogP contribution in [0, 0.1) is 0 Å². The molecule has 1 heterocycles. The lowest BCUT2D eigenvalue weighted by atomic mass is 10.4. The molecule has 0 radical (unpaired) electrons. The van der Waals surface area contributed by atoms with Gasteiger partial charge in [-0.15, -0.1) is 11.8 Å². The highest BCUT2D eigenvalue weighted by atomic mass is 79.9. The minimum absolute atomic E-state index is 0.807. The summed E-state index contributed by atoms with van der Waals surface area (Å²) >= 11 is 5.31. The number of hydrogen-bond acceptors (Lipinski definition) is 2. The van der Waals surface area contributed by atoms with Gasteiger partial charge < -0.3 is 0 Å². The average Bonchev–Trinajstić information content (AvgIpc) is 2.57. The van der Waals surface area contributed by atoms with Crippen LogP contribution in [-0.4, -0.2) is 10.2 Å². The maximum Gasteiger partial charge on any atom is 0.107 e. The molecule has 0 spiro atoms. The lowest BCUT2D eigenvalue weighted by Crippen LogP contribution is -1.94. The van der Waals surface area contributed by atoms with Crippen LogP contribution in [0.25, 0.3) is 0 Å². The molecule has 0 amide bonds. The zero-order valence-electron chi connectivity index (χ0n) is 7.37. The summed E-state index contributed by atoms with van der Waals surface area (Å²) in [4.78, 5) is 4.42. The average molecular weight is 258 g/mol. The summed E-state index contributed by atoms with van der Waals surface area (Å²) in [5.74, 6) is 0. The predicted molar refractivity (Wildman–Crippen MR) is 60.1 cm³/mol. The fourth-order valence-corrected chi connectivity index (χ4v) is 3.31. The summed E-state index contributed by atoms with van der Waals surface area (Å²) in [7, 11) is 0. The third kappa shape index (κ3) is 2.71. The molecule has 2 rings (SSSR count). The van der Waals surface area contributed by atoms with Gasteiger partial charge >= 0.3 is 0 Å². The highest BCUT2D eigenvalue weighted by Crippen LogP contribution is 2.33.